The minimum Gasteiger partial charge on any atom is -0.480 e. The molecule has 0 aromatic heterocycles. The van der Waals surface area contributed by atoms with Crippen LogP contribution in [-0.4, -0.2) is 52.6 Å². The van der Waals surface area contributed by atoms with Gasteiger partial charge in [-0.25, -0.2) is 0 Å². The first-order chi connectivity index (χ1) is 10.1. The maximum Gasteiger partial charge on any atom is 0.317 e. The standard InChI is InChI=1S/C17H26N2O2/c1-14(2)19(11-15-7-4-3-5-8-15)16-9-6-10-18(12-16)13-17(20)21/h3-5,7-8,14,16H,6,9-13H2,1-2H3,(H,20,21). The molecule has 1 aromatic carbocycles. The Kier molecular flexibility index (Phi) is 5.76. The third-order valence-corrected chi connectivity index (χ3v) is 4.18. The van der Waals surface area contributed by atoms with Crippen LogP contribution < -0.4 is 0 Å². The summed E-state index contributed by atoms with van der Waals surface area (Å²) >= 11 is 0. The maximum absolute atomic E-state index is 10.9. The Hall–Kier alpha value is -1.39. The van der Waals surface area contributed by atoms with E-state index in [1.807, 2.05) is 6.07 Å². The number of nitrogens with zero attached hydrogens (tertiary/aromatic N) is 2. The molecule has 1 unspecified atom stereocenters. The van der Waals surface area contributed by atoms with Crippen molar-refractivity contribution in [1.29, 1.82) is 0 Å². The van der Waals surface area contributed by atoms with Crippen molar-refractivity contribution in [3.8, 4) is 0 Å². The van der Waals surface area contributed by atoms with Crippen LogP contribution >= 0.6 is 0 Å². The van der Waals surface area contributed by atoms with Crippen LogP contribution in [-0.2, 0) is 11.3 Å². The fourth-order valence-electron chi connectivity index (χ4n) is 3.16. The highest BCUT2D eigenvalue weighted by atomic mass is 16.4. The van der Waals surface area contributed by atoms with Crippen LogP contribution in [0.15, 0.2) is 30.3 Å². The van der Waals surface area contributed by atoms with E-state index < -0.39 is 5.97 Å². The third-order valence-electron chi connectivity index (χ3n) is 4.18. The van der Waals surface area contributed by atoms with Crippen molar-refractivity contribution in [2.45, 2.75) is 45.3 Å². The lowest BCUT2D eigenvalue weighted by molar-refractivity contribution is -0.138. The minimum atomic E-state index is -0.727. The number of benzene rings is 1. The molecule has 0 radical (unpaired) electrons. The molecule has 1 aromatic rings. The first-order valence-electron chi connectivity index (χ1n) is 7.80. The van der Waals surface area contributed by atoms with Crippen molar-refractivity contribution in [2.75, 3.05) is 19.6 Å². The highest BCUT2D eigenvalue weighted by Crippen LogP contribution is 2.20. The van der Waals surface area contributed by atoms with Gasteiger partial charge < -0.3 is 5.11 Å². The average molecular weight is 290 g/mol. The van der Waals surface area contributed by atoms with Crippen LogP contribution in [0.2, 0.25) is 0 Å². The van der Waals surface area contributed by atoms with Crippen molar-refractivity contribution in [1.82, 2.24) is 9.80 Å². The van der Waals surface area contributed by atoms with Gasteiger partial charge in [0, 0.05) is 25.2 Å². The lowest BCUT2D eigenvalue weighted by Crippen LogP contribution is -2.50. The lowest BCUT2D eigenvalue weighted by atomic mass is 10.0. The van der Waals surface area contributed by atoms with Gasteiger partial charge in [-0.05, 0) is 38.8 Å². The van der Waals surface area contributed by atoms with Crippen LogP contribution in [0.4, 0.5) is 0 Å². The summed E-state index contributed by atoms with van der Waals surface area (Å²) in [7, 11) is 0. The van der Waals surface area contributed by atoms with Crippen molar-refractivity contribution in [2.24, 2.45) is 0 Å². The first kappa shape index (κ1) is 16.0. The molecule has 116 valence electrons. The van der Waals surface area contributed by atoms with Crippen LogP contribution in [0, 0.1) is 0 Å². The second-order valence-electron chi connectivity index (χ2n) is 6.18. The molecule has 1 saturated heterocycles. The van der Waals surface area contributed by atoms with Crippen LogP contribution in [0.25, 0.3) is 0 Å². The van der Waals surface area contributed by atoms with Crippen molar-refractivity contribution in [3.63, 3.8) is 0 Å². The second-order valence-corrected chi connectivity index (χ2v) is 6.18. The van der Waals surface area contributed by atoms with E-state index in [0.29, 0.717) is 12.1 Å². The molecular weight excluding hydrogens is 264 g/mol. The van der Waals surface area contributed by atoms with Gasteiger partial charge in [-0.2, -0.15) is 0 Å². The van der Waals surface area contributed by atoms with Crippen molar-refractivity contribution >= 4 is 5.97 Å². The van der Waals surface area contributed by atoms with E-state index >= 15 is 0 Å². The molecule has 1 aliphatic rings. The Balaban J connectivity index is 2.02. The summed E-state index contributed by atoms with van der Waals surface area (Å²) < 4.78 is 0. The molecule has 4 nitrogen and oxygen atoms in total. The number of hydrogen-bond acceptors (Lipinski definition) is 3. The van der Waals surface area contributed by atoms with E-state index in [9.17, 15) is 4.79 Å². The molecular formula is C17H26N2O2. The van der Waals surface area contributed by atoms with Gasteiger partial charge in [0.25, 0.3) is 0 Å². The largest absolute Gasteiger partial charge is 0.480 e. The monoisotopic (exact) mass is 290 g/mol. The van der Waals surface area contributed by atoms with Gasteiger partial charge in [-0.3, -0.25) is 14.6 Å². The molecule has 0 spiro atoms. The Morgan fingerprint density at radius 3 is 2.71 bits per heavy atom. The zero-order valence-electron chi connectivity index (χ0n) is 13.0. The van der Waals surface area contributed by atoms with Gasteiger partial charge in [0.05, 0.1) is 6.54 Å². The summed E-state index contributed by atoms with van der Waals surface area (Å²) in [5.74, 6) is -0.727. The summed E-state index contributed by atoms with van der Waals surface area (Å²) in [6.07, 6.45) is 2.23. The van der Waals surface area contributed by atoms with Crippen LogP contribution in [0.5, 0.6) is 0 Å². The fourth-order valence-corrected chi connectivity index (χ4v) is 3.16. The Morgan fingerprint density at radius 1 is 1.38 bits per heavy atom. The number of piperidine rings is 1. The third kappa shape index (κ3) is 4.83. The van der Waals surface area contributed by atoms with Gasteiger partial charge in [0.1, 0.15) is 0 Å². The van der Waals surface area contributed by atoms with Gasteiger partial charge >= 0.3 is 5.97 Å². The quantitative estimate of drug-likeness (QED) is 0.874. The second kappa shape index (κ2) is 7.57. The number of carboxylic acids is 1. The van der Waals surface area contributed by atoms with E-state index in [1.54, 1.807) is 0 Å². The van der Waals surface area contributed by atoms with Gasteiger partial charge in [-0.1, -0.05) is 30.3 Å². The number of likely N-dealkylation sites (tertiary alicyclic amines) is 1. The highest BCUT2D eigenvalue weighted by molar-refractivity contribution is 5.69. The zero-order chi connectivity index (χ0) is 15.2. The fraction of sp³-hybridized carbons (Fsp3) is 0.588. The van der Waals surface area contributed by atoms with Crippen LogP contribution in [0.1, 0.15) is 32.3 Å². The normalized spacial score (nSPS) is 20.1. The van der Waals surface area contributed by atoms with E-state index in [2.05, 4.69) is 47.9 Å². The SMILES string of the molecule is CC(C)N(Cc1ccccc1)C1CCCN(CC(=O)O)C1. The van der Waals surface area contributed by atoms with Gasteiger partial charge in [-0.15, -0.1) is 0 Å². The van der Waals surface area contributed by atoms with Crippen LogP contribution in [0.3, 0.4) is 0 Å². The highest BCUT2D eigenvalue weighted by Gasteiger charge is 2.27. The molecule has 2 rings (SSSR count). The number of hydrogen-bond donors (Lipinski definition) is 1. The average Bonchev–Trinajstić information content (AvgIpc) is 2.45. The summed E-state index contributed by atoms with van der Waals surface area (Å²) in [4.78, 5) is 15.5. The smallest absolute Gasteiger partial charge is 0.317 e. The predicted octanol–water partition coefficient (Wildman–Crippen LogP) is 2.45. The molecule has 4 heteroatoms. The number of aliphatic carboxylic acids is 1. The molecule has 1 heterocycles. The minimum absolute atomic E-state index is 0.160. The first-order valence-corrected chi connectivity index (χ1v) is 7.80. The maximum atomic E-state index is 10.9. The Labute approximate surface area is 127 Å². The topological polar surface area (TPSA) is 43.8 Å². The summed E-state index contributed by atoms with van der Waals surface area (Å²) in [5.41, 5.74) is 1.32. The van der Waals surface area contributed by atoms with E-state index in [4.69, 9.17) is 5.11 Å². The molecule has 1 N–H and O–H groups in total. The zero-order valence-corrected chi connectivity index (χ0v) is 13.0. The Bertz CT molecular complexity index is 447. The summed E-state index contributed by atoms with van der Waals surface area (Å²) in [6, 6.07) is 11.4. The van der Waals surface area contributed by atoms with E-state index in [-0.39, 0.29) is 6.54 Å². The summed E-state index contributed by atoms with van der Waals surface area (Å²) in [6.45, 7) is 7.30. The number of rotatable bonds is 6. The number of carbonyl (C=O) groups is 1. The molecule has 1 aliphatic heterocycles. The molecule has 0 aliphatic carbocycles. The molecule has 21 heavy (non-hydrogen) atoms. The Morgan fingerprint density at radius 2 is 2.10 bits per heavy atom. The van der Waals surface area contributed by atoms with E-state index in [0.717, 1.165) is 32.5 Å². The van der Waals surface area contributed by atoms with E-state index in [1.165, 1.54) is 5.56 Å². The molecule has 0 saturated carbocycles. The summed E-state index contributed by atoms with van der Waals surface area (Å²) in [5, 5.41) is 8.98. The molecule has 0 amide bonds. The molecule has 1 fully saturated rings. The van der Waals surface area contributed by atoms with Crippen molar-refractivity contribution in [3.05, 3.63) is 35.9 Å². The lowest BCUT2D eigenvalue weighted by Gasteiger charge is -2.41. The van der Waals surface area contributed by atoms with Gasteiger partial charge in [0.2, 0.25) is 0 Å². The molecule has 1 atom stereocenters. The van der Waals surface area contributed by atoms with Gasteiger partial charge in [0.15, 0.2) is 0 Å². The molecule has 0 bridgehead atoms. The predicted molar refractivity (Wildman–Crippen MR) is 84.2 cm³/mol. The van der Waals surface area contributed by atoms with Crippen molar-refractivity contribution < 1.29 is 9.90 Å². The number of carboxylic acid groups (broad SMARTS) is 1.